The first-order chi connectivity index (χ1) is 6.96. The fraction of sp³-hybridized carbons (Fsp3) is 0.455. The minimum Gasteiger partial charge on any atom is -0.384 e. The number of rotatable bonds is 1. The smallest absolute Gasteiger partial charge is 0.384 e. The molecule has 1 atom stereocenters. The third kappa shape index (κ3) is 2.25. The summed E-state index contributed by atoms with van der Waals surface area (Å²) in [6.45, 7) is 2.82. The molecule has 1 aromatic carbocycles. The molecule has 2 rings (SSSR count). The Hall–Kier alpha value is -1.19. The van der Waals surface area contributed by atoms with Crippen LogP contribution in [0.25, 0.3) is 0 Å². The molecule has 0 radical (unpaired) electrons. The van der Waals surface area contributed by atoms with Gasteiger partial charge in [-0.3, -0.25) is 0 Å². The number of halogens is 3. The maximum Gasteiger partial charge on any atom is 0.393 e. The maximum absolute atomic E-state index is 12.2. The van der Waals surface area contributed by atoms with Crippen LogP contribution in [-0.4, -0.2) is 12.7 Å². The number of anilines is 1. The van der Waals surface area contributed by atoms with E-state index in [1.165, 1.54) is 6.07 Å². The van der Waals surface area contributed by atoms with Crippen molar-refractivity contribution >= 4 is 5.69 Å². The number of nitrogens with one attached hydrogen (secondary N) is 1. The van der Waals surface area contributed by atoms with Gasteiger partial charge in [0.05, 0.1) is 6.42 Å². The number of benzene rings is 1. The van der Waals surface area contributed by atoms with Gasteiger partial charge in [0.2, 0.25) is 0 Å². The number of alkyl halides is 3. The highest BCUT2D eigenvalue weighted by atomic mass is 19.4. The molecular weight excluding hydrogens is 203 g/mol. The van der Waals surface area contributed by atoms with Crippen molar-refractivity contribution in [1.82, 2.24) is 0 Å². The molecule has 82 valence electrons. The van der Waals surface area contributed by atoms with Gasteiger partial charge in [0.1, 0.15) is 0 Å². The molecule has 15 heavy (non-hydrogen) atoms. The van der Waals surface area contributed by atoms with Crippen LogP contribution < -0.4 is 5.32 Å². The largest absolute Gasteiger partial charge is 0.393 e. The first-order valence-corrected chi connectivity index (χ1v) is 4.89. The summed E-state index contributed by atoms with van der Waals surface area (Å²) < 4.78 is 36.5. The number of hydrogen-bond acceptors (Lipinski definition) is 1. The summed E-state index contributed by atoms with van der Waals surface area (Å²) >= 11 is 0. The van der Waals surface area contributed by atoms with E-state index in [2.05, 4.69) is 5.32 Å². The molecule has 1 unspecified atom stereocenters. The molecule has 1 N–H and O–H groups in total. The Balaban J connectivity index is 2.26. The molecule has 1 aromatic rings. The molecule has 0 aromatic heterocycles. The van der Waals surface area contributed by atoms with Crippen LogP contribution in [0.3, 0.4) is 0 Å². The molecule has 0 bridgehead atoms. The lowest BCUT2D eigenvalue weighted by atomic mass is 10.00. The third-order valence-electron chi connectivity index (χ3n) is 2.65. The lowest BCUT2D eigenvalue weighted by molar-refractivity contribution is -0.127. The van der Waals surface area contributed by atoms with E-state index in [0.717, 1.165) is 17.8 Å². The normalized spacial score (nSPS) is 19.9. The van der Waals surface area contributed by atoms with Gasteiger partial charge >= 0.3 is 6.18 Å². The zero-order valence-corrected chi connectivity index (χ0v) is 8.36. The van der Waals surface area contributed by atoms with Crippen LogP contribution >= 0.6 is 0 Å². The minimum atomic E-state index is -4.12. The van der Waals surface area contributed by atoms with Gasteiger partial charge in [0, 0.05) is 18.2 Å². The zero-order chi connectivity index (χ0) is 11.1. The van der Waals surface area contributed by atoms with Gasteiger partial charge in [-0.05, 0) is 17.2 Å². The summed E-state index contributed by atoms with van der Waals surface area (Å²) in [4.78, 5) is 0. The molecule has 4 heteroatoms. The third-order valence-corrected chi connectivity index (χ3v) is 2.65. The van der Waals surface area contributed by atoms with Crippen LogP contribution in [0.15, 0.2) is 18.2 Å². The predicted molar refractivity (Wildman–Crippen MR) is 53.1 cm³/mol. The van der Waals surface area contributed by atoms with E-state index in [-0.39, 0.29) is 0 Å². The average Bonchev–Trinajstić information content (AvgIpc) is 2.45. The number of fused-ring (bicyclic) bond motifs is 1. The van der Waals surface area contributed by atoms with Crippen LogP contribution in [0, 0.1) is 0 Å². The van der Waals surface area contributed by atoms with Crippen molar-refractivity contribution in [1.29, 1.82) is 0 Å². The highest BCUT2D eigenvalue weighted by Crippen LogP contribution is 2.33. The summed E-state index contributed by atoms with van der Waals surface area (Å²) in [5.41, 5.74) is 2.31. The van der Waals surface area contributed by atoms with Crippen molar-refractivity contribution < 1.29 is 13.2 Å². The lowest BCUT2D eigenvalue weighted by Crippen LogP contribution is -2.11. The van der Waals surface area contributed by atoms with E-state index in [1.54, 1.807) is 12.1 Å². The average molecular weight is 215 g/mol. The highest BCUT2D eigenvalue weighted by molar-refractivity contribution is 5.58. The Morgan fingerprint density at radius 1 is 1.40 bits per heavy atom. The Labute approximate surface area is 86.3 Å². The van der Waals surface area contributed by atoms with Gasteiger partial charge in [-0.25, -0.2) is 0 Å². The second-order valence-corrected chi connectivity index (χ2v) is 4.00. The summed E-state index contributed by atoms with van der Waals surface area (Å²) in [5.74, 6) is 0.299. The van der Waals surface area contributed by atoms with E-state index >= 15 is 0 Å². The van der Waals surface area contributed by atoms with Crippen LogP contribution in [-0.2, 0) is 6.42 Å². The topological polar surface area (TPSA) is 12.0 Å². The SMILES string of the molecule is CC1CNc2ccc(CC(F)(F)F)cc21. The van der Waals surface area contributed by atoms with Gasteiger partial charge < -0.3 is 5.32 Å². The van der Waals surface area contributed by atoms with Gasteiger partial charge in [-0.1, -0.05) is 19.1 Å². The fourth-order valence-corrected chi connectivity index (χ4v) is 1.90. The standard InChI is InChI=1S/C11H12F3N/c1-7-6-15-10-3-2-8(4-9(7)10)5-11(12,13)14/h2-4,7,15H,5-6H2,1H3. The molecule has 1 heterocycles. The number of hydrogen-bond donors (Lipinski definition) is 1. The van der Waals surface area contributed by atoms with Crippen molar-refractivity contribution in [2.24, 2.45) is 0 Å². The van der Waals surface area contributed by atoms with Gasteiger partial charge in [-0.15, -0.1) is 0 Å². The van der Waals surface area contributed by atoms with Crippen LogP contribution in [0.2, 0.25) is 0 Å². The Bertz CT molecular complexity index is 371. The Morgan fingerprint density at radius 3 is 2.80 bits per heavy atom. The monoisotopic (exact) mass is 215 g/mol. The quantitative estimate of drug-likeness (QED) is 0.757. The van der Waals surface area contributed by atoms with E-state index in [9.17, 15) is 13.2 Å². The molecule has 0 aliphatic carbocycles. The van der Waals surface area contributed by atoms with Crippen LogP contribution in [0.4, 0.5) is 18.9 Å². The molecule has 0 saturated carbocycles. The van der Waals surface area contributed by atoms with E-state index in [1.807, 2.05) is 6.92 Å². The lowest BCUT2D eigenvalue weighted by Gasteiger charge is -2.09. The van der Waals surface area contributed by atoms with Crippen LogP contribution in [0.1, 0.15) is 24.0 Å². The zero-order valence-electron chi connectivity index (χ0n) is 8.36. The summed E-state index contributed by atoms with van der Waals surface area (Å²) in [6.07, 6.45) is -4.96. The van der Waals surface area contributed by atoms with Crippen molar-refractivity contribution in [2.75, 3.05) is 11.9 Å². The van der Waals surface area contributed by atoms with Crippen molar-refractivity contribution in [3.05, 3.63) is 29.3 Å². The summed E-state index contributed by atoms with van der Waals surface area (Å²) in [7, 11) is 0. The van der Waals surface area contributed by atoms with Crippen LogP contribution in [0.5, 0.6) is 0 Å². The summed E-state index contributed by atoms with van der Waals surface area (Å²) in [5, 5.41) is 3.16. The maximum atomic E-state index is 12.2. The molecular formula is C11H12F3N. The molecule has 0 spiro atoms. The first-order valence-electron chi connectivity index (χ1n) is 4.89. The Kier molecular flexibility index (Phi) is 2.37. The van der Waals surface area contributed by atoms with Crippen molar-refractivity contribution in [2.45, 2.75) is 25.4 Å². The second kappa shape index (κ2) is 3.43. The fourth-order valence-electron chi connectivity index (χ4n) is 1.90. The molecule has 0 amide bonds. The van der Waals surface area contributed by atoms with Gasteiger partial charge in [-0.2, -0.15) is 13.2 Å². The molecule has 0 saturated heterocycles. The van der Waals surface area contributed by atoms with Crippen molar-refractivity contribution in [3.63, 3.8) is 0 Å². The molecule has 1 aliphatic rings. The van der Waals surface area contributed by atoms with Gasteiger partial charge in [0.25, 0.3) is 0 Å². The minimum absolute atomic E-state index is 0.299. The molecule has 0 fully saturated rings. The molecule has 1 nitrogen and oxygen atoms in total. The van der Waals surface area contributed by atoms with Gasteiger partial charge in [0.15, 0.2) is 0 Å². The van der Waals surface area contributed by atoms with E-state index in [4.69, 9.17) is 0 Å². The van der Waals surface area contributed by atoms with Crippen molar-refractivity contribution in [3.8, 4) is 0 Å². The predicted octanol–water partition coefficient (Wildman–Crippen LogP) is 3.32. The Morgan fingerprint density at radius 2 is 2.13 bits per heavy atom. The second-order valence-electron chi connectivity index (χ2n) is 4.00. The van der Waals surface area contributed by atoms with E-state index < -0.39 is 12.6 Å². The summed E-state index contributed by atoms with van der Waals surface area (Å²) in [6, 6.07) is 4.94. The molecule has 1 aliphatic heterocycles. The first kappa shape index (κ1) is 10.3. The highest BCUT2D eigenvalue weighted by Gasteiger charge is 2.28. The van der Waals surface area contributed by atoms with E-state index in [0.29, 0.717) is 11.5 Å².